The van der Waals surface area contributed by atoms with E-state index in [2.05, 4.69) is 15.1 Å². The predicted octanol–water partition coefficient (Wildman–Crippen LogP) is 3.97. The van der Waals surface area contributed by atoms with Gasteiger partial charge in [0, 0.05) is 34.6 Å². The standard InChI is InChI=1S/C22H20N4O3S2/c1-16-10-11-23-26(16)19-7-3-6-18(14-19)25-22(27)17-5-2-9-21(13-17)31(28,29)24-15-20-8-4-12-30-20/h2-14,24H,15H2,1H3,(H,25,27). The molecule has 0 atom stereocenters. The molecular weight excluding hydrogens is 432 g/mol. The molecule has 4 rings (SSSR count). The van der Waals surface area contributed by atoms with E-state index in [-0.39, 0.29) is 17.0 Å². The second-order valence-electron chi connectivity index (χ2n) is 6.82. The van der Waals surface area contributed by atoms with Crippen LogP contribution in [0.1, 0.15) is 20.9 Å². The second kappa shape index (κ2) is 8.84. The molecule has 0 fully saturated rings. The average molecular weight is 453 g/mol. The van der Waals surface area contributed by atoms with Crippen LogP contribution in [-0.4, -0.2) is 24.1 Å². The molecule has 0 radical (unpaired) electrons. The first-order valence-corrected chi connectivity index (χ1v) is 11.8. The molecule has 0 unspecified atom stereocenters. The molecule has 158 valence electrons. The average Bonchev–Trinajstić information content (AvgIpc) is 3.44. The molecule has 2 aromatic heterocycles. The van der Waals surface area contributed by atoms with E-state index in [9.17, 15) is 13.2 Å². The molecule has 0 saturated heterocycles. The van der Waals surface area contributed by atoms with E-state index in [0.717, 1.165) is 16.3 Å². The van der Waals surface area contributed by atoms with Gasteiger partial charge in [0.15, 0.2) is 0 Å². The van der Waals surface area contributed by atoms with Crippen molar-refractivity contribution >= 4 is 33.0 Å². The largest absolute Gasteiger partial charge is 0.322 e. The first-order valence-electron chi connectivity index (χ1n) is 9.47. The molecule has 0 spiro atoms. The molecule has 0 aliphatic rings. The number of nitrogens with zero attached hydrogens (tertiary/aromatic N) is 2. The van der Waals surface area contributed by atoms with Gasteiger partial charge in [-0.1, -0.05) is 18.2 Å². The van der Waals surface area contributed by atoms with Crippen molar-refractivity contribution in [2.75, 3.05) is 5.32 Å². The van der Waals surface area contributed by atoms with Gasteiger partial charge in [0.05, 0.1) is 10.6 Å². The number of anilines is 1. The van der Waals surface area contributed by atoms with Gasteiger partial charge in [0.1, 0.15) is 0 Å². The number of hydrogen-bond acceptors (Lipinski definition) is 5. The number of aromatic nitrogens is 2. The van der Waals surface area contributed by atoms with E-state index in [1.807, 2.05) is 42.6 Å². The van der Waals surface area contributed by atoms with Gasteiger partial charge in [-0.3, -0.25) is 4.79 Å². The number of carbonyl (C=O) groups is 1. The summed E-state index contributed by atoms with van der Waals surface area (Å²) in [5, 5.41) is 8.98. The van der Waals surface area contributed by atoms with E-state index in [4.69, 9.17) is 0 Å². The molecule has 0 bridgehead atoms. The Balaban J connectivity index is 1.50. The molecule has 0 aliphatic heterocycles. The third kappa shape index (κ3) is 4.91. The summed E-state index contributed by atoms with van der Waals surface area (Å²) >= 11 is 1.47. The van der Waals surface area contributed by atoms with Gasteiger partial charge >= 0.3 is 0 Å². The van der Waals surface area contributed by atoms with Crippen LogP contribution in [0, 0.1) is 6.92 Å². The van der Waals surface area contributed by atoms with Crippen LogP contribution < -0.4 is 10.0 Å². The van der Waals surface area contributed by atoms with E-state index in [1.165, 1.54) is 23.5 Å². The fourth-order valence-corrected chi connectivity index (χ4v) is 4.81. The van der Waals surface area contributed by atoms with Crippen LogP contribution in [0.3, 0.4) is 0 Å². The zero-order valence-corrected chi connectivity index (χ0v) is 18.3. The highest BCUT2D eigenvalue weighted by molar-refractivity contribution is 7.89. The van der Waals surface area contributed by atoms with Gasteiger partial charge in [0.2, 0.25) is 10.0 Å². The fourth-order valence-electron chi connectivity index (χ4n) is 3.03. The SMILES string of the molecule is Cc1ccnn1-c1cccc(NC(=O)c2cccc(S(=O)(=O)NCc3cccs3)c2)c1. The quantitative estimate of drug-likeness (QED) is 0.444. The fraction of sp³-hybridized carbons (Fsp3) is 0.0909. The minimum absolute atomic E-state index is 0.0395. The molecule has 0 saturated carbocycles. The molecule has 1 amide bonds. The zero-order chi connectivity index (χ0) is 21.8. The van der Waals surface area contributed by atoms with Gasteiger partial charge in [-0.15, -0.1) is 11.3 Å². The van der Waals surface area contributed by atoms with E-state index < -0.39 is 15.9 Å². The first-order chi connectivity index (χ1) is 14.9. The lowest BCUT2D eigenvalue weighted by molar-refractivity contribution is 0.102. The lowest BCUT2D eigenvalue weighted by Crippen LogP contribution is -2.23. The molecule has 2 N–H and O–H groups in total. The third-order valence-corrected chi connectivity index (χ3v) is 6.88. The zero-order valence-electron chi connectivity index (χ0n) is 16.6. The molecule has 7 nitrogen and oxygen atoms in total. The molecule has 9 heteroatoms. The number of carbonyl (C=O) groups excluding carboxylic acids is 1. The monoisotopic (exact) mass is 452 g/mol. The highest BCUT2D eigenvalue weighted by Crippen LogP contribution is 2.18. The summed E-state index contributed by atoms with van der Waals surface area (Å²) in [6.07, 6.45) is 1.71. The van der Waals surface area contributed by atoms with Gasteiger partial charge in [-0.05, 0) is 60.8 Å². The third-order valence-electron chi connectivity index (χ3n) is 4.60. The minimum Gasteiger partial charge on any atom is -0.322 e. The van der Waals surface area contributed by atoms with Crippen LogP contribution in [-0.2, 0) is 16.6 Å². The Morgan fingerprint density at radius 3 is 2.65 bits per heavy atom. The number of nitrogens with one attached hydrogen (secondary N) is 2. The second-order valence-corrected chi connectivity index (χ2v) is 9.62. The highest BCUT2D eigenvalue weighted by Gasteiger charge is 2.17. The van der Waals surface area contributed by atoms with Crippen molar-refractivity contribution in [3.05, 3.63) is 94.4 Å². The van der Waals surface area contributed by atoms with Crippen molar-refractivity contribution in [2.24, 2.45) is 0 Å². The van der Waals surface area contributed by atoms with Gasteiger partial charge in [-0.2, -0.15) is 5.10 Å². The van der Waals surface area contributed by atoms with Gasteiger partial charge in [0.25, 0.3) is 5.91 Å². The highest BCUT2D eigenvalue weighted by atomic mass is 32.2. The van der Waals surface area contributed by atoms with Crippen molar-refractivity contribution in [3.63, 3.8) is 0 Å². The summed E-state index contributed by atoms with van der Waals surface area (Å²) in [5.74, 6) is -0.398. The van der Waals surface area contributed by atoms with Crippen molar-refractivity contribution in [1.82, 2.24) is 14.5 Å². The summed E-state index contributed by atoms with van der Waals surface area (Å²) in [4.78, 5) is 13.7. The van der Waals surface area contributed by atoms with Crippen molar-refractivity contribution in [2.45, 2.75) is 18.4 Å². The van der Waals surface area contributed by atoms with Crippen LogP contribution in [0.25, 0.3) is 5.69 Å². The van der Waals surface area contributed by atoms with E-state index in [0.29, 0.717) is 5.69 Å². The maximum Gasteiger partial charge on any atom is 0.255 e. The molecule has 2 aromatic carbocycles. The molecule has 0 aliphatic carbocycles. The number of hydrogen-bond donors (Lipinski definition) is 2. The lowest BCUT2D eigenvalue weighted by Gasteiger charge is -2.10. The van der Waals surface area contributed by atoms with Crippen molar-refractivity contribution in [3.8, 4) is 5.69 Å². The Hall–Kier alpha value is -3.27. The topological polar surface area (TPSA) is 93.1 Å². The van der Waals surface area contributed by atoms with Crippen molar-refractivity contribution in [1.29, 1.82) is 0 Å². The Morgan fingerprint density at radius 2 is 1.90 bits per heavy atom. The Labute approximate surface area is 184 Å². The van der Waals surface area contributed by atoms with Crippen molar-refractivity contribution < 1.29 is 13.2 Å². The number of benzene rings is 2. The Morgan fingerprint density at radius 1 is 1.06 bits per heavy atom. The number of aryl methyl sites for hydroxylation is 1. The summed E-state index contributed by atoms with van der Waals surface area (Å²) in [6.45, 7) is 2.15. The van der Waals surface area contributed by atoms with Crippen LogP contribution in [0.2, 0.25) is 0 Å². The predicted molar refractivity (Wildman–Crippen MR) is 121 cm³/mol. The molecule has 2 heterocycles. The molecule has 31 heavy (non-hydrogen) atoms. The van der Waals surface area contributed by atoms with E-state index >= 15 is 0 Å². The molecular formula is C22H20N4O3S2. The normalized spacial score (nSPS) is 11.4. The smallest absolute Gasteiger partial charge is 0.255 e. The van der Waals surface area contributed by atoms with Gasteiger partial charge < -0.3 is 5.32 Å². The maximum atomic E-state index is 12.8. The summed E-state index contributed by atoms with van der Waals surface area (Å²) in [5.41, 5.74) is 2.62. The summed E-state index contributed by atoms with van der Waals surface area (Å²) in [7, 11) is -3.74. The summed E-state index contributed by atoms with van der Waals surface area (Å²) in [6, 6.07) is 18.9. The van der Waals surface area contributed by atoms with Gasteiger partial charge in [-0.25, -0.2) is 17.8 Å². The summed E-state index contributed by atoms with van der Waals surface area (Å²) < 4.78 is 29.6. The Bertz CT molecular complexity index is 1310. The van der Waals surface area contributed by atoms with Crippen LogP contribution in [0.5, 0.6) is 0 Å². The maximum absolute atomic E-state index is 12.8. The number of sulfonamides is 1. The van der Waals surface area contributed by atoms with E-state index in [1.54, 1.807) is 35.1 Å². The van der Waals surface area contributed by atoms with Crippen LogP contribution >= 0.6 is 11.3 Å². The Kier molecular flexibility index (Phi) is 5.99. The molecule has 4 aromatic rings. The number of amides is 1. The number of thiophene rings is 1. The first kappa shape index (κ1) is 21.0. The minimum atomic E-state index is -3.74. The van der Waals surface area contributed by atoms with Crippen LogP contribution in [0.15, 0.2) is 83.2 Å². The number of rotatable bonds is 7. The lowest BCUT2D eigenvalue weighted by atomic mass is 10.2. The van der Waals surface area contributed by atoms with Crippen LogP contribution in [0.4, 0.5) is 5.69 Å².